The maximum Gasteiger partial charge on any atom is 0.233 e. The molecule has 0 unspecified atom stereocenters. The fraction of sp³-hybridized carbons (Fsp3) is 0.200. The second-order valence-corrected chi connectivity index (χ2v) is 8.31. The number of fused-ring (bicyclic) bond motifs is 1. The molecule has 0 saturated heterocycles. The van der Waals surface area contributed by atoms with Gasteiger partial charge in [-0.2, -0.15) is 0 Å². The zero-order valence-corrected chi connectivity index (χ0v) is 19.1. The first-order valence-electron chi connectivity index (χ1n) is 10.2. The summed E-state index contributed by atoms with van der Waals surface area (Å²) in [6, 6.07) is 20.0. The Morgan fingerprint density at radius 2 is 1.75 bits per heavy atom. The summed E-state index contributed by atoms with van der Waals surface area (Å²) >= 11 is 1.42. The number of thioether (sulfide) groups is 1. The first-order chi connectivity index (χ1) is 15.6. The summed E-state index contributed by atoms with van der Waals surface area (Å²) in [5.74, 6) is 1.96. The summed E-state index contributed by atoms with van der Waals surface area (Å²) in [7, 11) is 5.14. The van der Waals surface area contributed by atoms with Crippen molar-refractivity contribution in [3.63, 3.8) is 0 Å². The third-order valence-electron chi connectivity index (χ3n) is 5.22. The molecule has 0 bridgehead atoms. The van der Waals surface area contributed by atoms with Gasteiger partial charge in [0.15, 0.2) is 5.16 Å². The van der Waals surface area contributed by atoms with E-state index in [1.807, 2.05) is 66.3 Å². The first-order valence-corrected chi connectivity index (χ1v) is 11.2. The van der Waals surface area contributed by atoms with Gasteiger partial charge in [0.2, 0.25) is 5.91 Å². The second kappa shape index (κ2) is 9.78. The van der Waals surface area contributed by atoms with Crippen LogP contribution in [0.3, 0.4) is 0 Å². The maximum atomic E-state index is 12.8. The van der Waals surface area contributed by atoms with E-state index in [2.05, 4.69) is 17.1 Å². The number of amides is 1. The molecule has 0 N–H and O–H groups in total. The fourth-order valence-electron chi connectivity index (χ4n) is 3.45. The van der Waals surface area contributed by atoms with Crippen LogP contribution in [0.15, 0.2) is 78.2 Å². The molecule has 3 aromatic carbocycles. The van der Waals surface area contributed by atoms with Gasteiger partial charge in [-0.05, 0) is 46.7 Å². The number of rotatable bonds is 8. The number of carbonyl (C=O) groups excluding carboxylic acids is 1. The predicted octanol–water partition coefficient (Wildman–Crippen LogP) is 4.79. The normalized spacial score (nSPS) is 10.8. The zero-order valence-electron chi connectivity index (χ0n) is 18.3. The third kappa shape index (κ3) is 4.89. The SMILES string of the molecule is COc1cccc(-n2ccnc2SCC(=O)N(C)Cc2ccc3cc(OC)ccc3c2)c1. The molecule has 0 aliphatic carbocycles. The van der Waals surface area contributed by atoms with Crippen LogP contribution >= 0.6 is 11.8 Å². The highest BCUT2D eigenvalue weighted by Gasteiger charge is 2.14. The molecule has 0 aliphatic heterocycles. The second-order valence-electron chi connectivity index (χ2n) is 7.37. The number of nitrogens with zero attached hydrogens (tertiary/aromatic N) is 3. The molecular formula is C25H25N3O3S. The largest absolute Gasteiger partial charge is 0.497 e. The molecule has 0 aliphatic rings. The van der Waals surface area contributed by atoms with E-state index in [1.165, 1.54) is 11.8 Å². The molecule has 0 atom stereocenters. The Kier molecular flexibility index (Phi) is 6.66. The van der Waals surface area contributed by atoms with Crippen molar-refractivity contribution in [1.29, 1.82) is 0 Å². The minimum atomic E-state index is 0.0463. The lowest BCUT2D eigenvalue weighted by molar-refractivity contribution is -0.127. The van der Waals surface area contributed by atoms with Gasteiger partial charge in [0.25, 0.3) is 0 Å². The topological polar surface area (TPSA) is 56.6 Å². The van der Waals surface area contributed by atoms with E-state index in [-0.39, 0.29) is 5.91 Å². The Hall–Kier alpha value is -3.45. The number of ether oxygens (including phenoxy) is 2. The number of benzene rings is 3. The van der Waals surface area contributed by atoms with Gasteiger partial charge in [0.05, 0.1) is 25.7 Å². The number of carbonyl (C=O) groups is 1. The highest BCUT2D eigenvalue weighted by atomic mass is 32.2. The van der Waals surface area contributed by atoms with Gasteiger partial charge in [-0.1, -0.05) is 36.0 Å². The smallest absolute Gasteiger partial charge is 0.233 e. The Morgan fingerprint density at radius 1 is 1.00 bits per heavy atom. The van der Waals surface area contributed by atoms with Crippen LogP contribution in [-0.2, 0) is 11.3 Å². The number of methoxy groups -OCH3 is 2. The quantitative estimate of drug-likeness (QED) is 0.364. The van der Waals surface area contributed by atoms with Gasteiger partial charge in [0, 0.05) is 32.1 Å². The van der Waals surface area contributed by atoms with Crippen LogP contribution in [0.4, 0.5) is 0 Å². The Morgan fingerprint density at radius 3 is 2.56 bits per heavy atom. The van der Waals surface area contributed by atoms with Gasteiger partial charge in [-0.25, -0.2) is 4.98 Å². The average molecular weight is 448 g/mol. The standard InChI is InChI=1S/C25H25N3O3S/c1-27(16-18-7-8-20-14-23(31-3)10-9-19(20)13-18)24(29)17-32-25-26-11-12-28(25)21-5-4-6-22(15-21)30-2/h4-15H,16-17H2,1-3H3. The third-order valence-corrected chi connectivity index (χ3v) is 6.17. The predicted molar refractivity (Wildman–Crippen MR) is 128 cm³/mol. The van der Waals surface area contributed by atoms with E-state index < -0.39 is 0 Å². The molecule has 6 nitrogen and oxygen atoms in total. The lowest BCUT2D eigenvalue weighted by atomic mass is 10.1. The van der Waals surface area contributed by atoms with Crippen LogP contribution in [0, 0.1) is 0 Å². The monoisotopic (exact) mass is 447 g/mol. The van der Waals surface area contributed by atoms with Crippen LogP contribution in [0.25, 0.3) is 16.5 Å². The van der Waals surface area contributed by atoms with Crippen LogP contribution in [-0.4, -0.2) is 47.4 Å². The van der Waals surface area contributed by atoms with E-state index in [4.69, 9.17) is 9.47 Å². The van der Waals surface area contributed by atoms with Gasteiger partial charge in [0.1, 0.15) is 11.5 Å². The highest BCUT2D eigenvalue weighted by Crippen LogP contribution is 2.25. The van der Waals surface area contributed by atoms with Gasteiger partial charge >= 0.3 is 0 Å². The average Bonchev–Trinajstić information content (AvgIpc) is 3.30. The van der Waals surface area contributed by atoms with Crippen molar-refractivity contribution in [1.82, 2.24) is 14.5 Å². The Balaban J connectivity index is 1.39. The fourth-order valence-corrected chi connectivity index (χ4v) is 4.36. The molecule has 1 heterocycles. The molecule has 32 heavy (non-hydrogen) atoms. The molecule has 0 spiro atoms. The molecule has 164 valence electrons. The summed E-state index contributed by atoms with van der Waals surface area (Å²) in [5.41, 5.74) is 2.03. The van der Waals surface area contributed by atoms with Crippen LogP contribution in [0.5, 0.6) is 11.5 Å². The summed E-state index contributed by atoms with van der Waals surface area (Å²) in [5, 5.41) is 3.00. The molecule has 4 aromatic rings. The number of imidazole rings is 1. The van der Waals surface area contributed by atoms with Crippen molar-refractivity contribution in [2.24, 2.45) is 0 Å². The van der Waals surface area contributed by atoms with Gasteiger partial charge in [-0.15, -0.1) is 0 Å². The van der Waals surface area contributed by atoms with E-state index in [0.717, 1.165) is 38.7 Å². The molecule has 7 heteroatoms. The number of hydrogen-bond acceptors (Lipinski definition) is 5. The lowest BCUT2D eigenvalue weighted by Crippen LogP contribution is -2.27. The molecule has 1 aromatic heterocycles. The molecule has 1 amide bonds. The van der Waals surface area contributed by atoms with E-state index in [1.54, 1.807) is 25.3 Å². The summed E-state index contributed by atoms with van der Waals surface area (Å²) in [4.78, 5) is 18.9. The van der Waals surface area contributed by atoms with E-state index in [0.29, 0.717) is 12.3 Å². The molecule has 4 rings (SSSR count). The summed E-state index contributed by atoms with van der Waals surface area (Å²) in [6.07, 6.45) is 3.62. The zero-order chi connectivity index (χ0) is 22.5. The van der Waals surface area contributed by atoms with Crippen molar-refractivity contribution in [2.45, 2.75) is 11.7 Å². The molecule has 0 saturated carbocycles. The summed E-state index contributed by atoms with van der Waals surface area (Å²) in [6.45, 7) is 0.547. The van der Waals surface area contributed by atoms with Crippen molar-refractivity contribution >= 4 is 28.4 Å². The molecule has 0 fully saturated rings. The first kappa shape index (κ1) is 21.8. The number of aromatic nitrogens is 2. The van der Waals surface area contributed by atoms with Crippen molar-refractivity contribution < 1.29 is 14.3 Å². The van der Waals surface area contributed by atoms with Crippen LogP contribution in [0.1, 0.15) is 5.56 Å². The van der Waals surface area contributed by atoms with Crippen molar-refractivity contribution in [3.8, 4) is 17.2 Å². The van der Waals surface area contributed by atoms with E-state index >= 15 is 0 Å². The summed E-state index contributed by atoms with van der Waals surface area (Å²) < 4.78 is 12.6. The van der Waals surface area contributed by atoms with Gasteiger partial charge < -0.3 is 14.4 Å². The minimum Gasteiger partial charge on any atom is -0.497 e. The van der Waals surface area contributed by atoms with Gasteiger partial charge in [-0.3, -0.25) is 9.36 Å². The molecular weight excluding hydrogens is 422 g/mol. The highest BCUT2D eigenvalue weighted by molar-refractivity contribution is 7.99. The maximum absolute atomic E-state index is 12.8. The van der Waals surface area contributed by atoms with Crippen LogP contribution < -0.4 is 9.47 Å². The Labute approximate surface area is 191 Å². The van der Waals surface area contributed by atoms with E-state index in [9.17, 15) is 4.79 Å². The van der Waals surface area contributed by atoms with Crippen LogP contribution in [0.2, 0.25) is 0 Å². The molecule has 0 radical (unpaired) electrons. The van der Waals surface area contributed by atoms with Crippen molar-refractivity contribution in [2.75, 3.05) is 27.0 Å². The number of hydrogen-bond donors (Lipinski definition) is 0. The lowest BCUT2D eigenvalue weighted by Gasteiger charge is -2.18. The minimum absolute atomic E-state index is 0.0463. The van der Waals surface area contributed by atoms with Crippen molar-refractivity contribution in [3.05, 3.63) is 78.6 Å². The Bertz CT molecular complexity index is 1240.